The van der Waals surface area contributed by atoms with E-state index in [0.29, 0.717) is 11.8 Å². The van der Waals surface area contributed by atoms with Gasteiger partial charge in [-0.2, -0.15) is 4.98 Å². The highest BCUT2D eigenvalue weighted by Gasteiger charge is 2.48. The predicted octanol–water partition coefficient (Wildman–Crippen LogP) is 1.47. The van der Waals surface area contributed by atoms with Crippen molar-refractivity contribution in [2.45, 2.75) is 39.0 Å². The van der Waals surface area contributed by atoms with E-state index in [4.69, 9.17) is 4.52 Å². The molecule has 0 radical (unpaired) electrons. The SMILES string of the molecule is CCCc1nc(N2CCC3(CCCN(C)C3=O)C2)no1. The van der Waals surface area contributed by atoms with Crippen molar-refractivity contribution in [1.29, 1.82) is 0 Å². The highest BCUT2D eigenvalue weighted by molar-refractivity contribution is 5.84. The maximum absolute atomic E-state index is 12.5. The monoisotopic (exact) mass is 278 g/mol. The zero-order chi connectivity index (χ0) is 14.2. The standard InChI is InChI=1S/C14H22N4O2/c1-3-5-11-15-13(16-20-11)18-9-7-14(10-18)6-4-8-17(2)12(14)19/h3-10H2,1-2H3. The molecule has 0 bridgehead atoms. The molecule has 1 atom stereocenters. The Kier molecular flexibility index (Phi) is 3.40. The molecule has 0 saturated carbocycles. The van der Waals surface area contributed by atoms with Crippen LogP contribution in [0.1, 0.15) is 38.5 Å². The third-order valence-electron chi connectivity index (χ3n) is 4.51. The van der Waals surface area contributed by atoms with Gasteiger partial charge in [0.25, 0.3) is 5.95 Å². The summed E-state index contributed by atoms with van der Waals surface area (Å²) in [5, 5.41) is 4.05. The van der Waals surface area contributed by atoms with E-state index in [1.54, 1.807) is 0 Å². The smallest absolute Gasteiger partial charge is 0.266 e. The predicted molar refractivity (Wildman–Crippen MR) is 74.4 cm³/mol. The fourth-order valence-corrected chi connectivity index (χ4v) is 3.38. The van der Waals surface area contributed by atoms with Crippen LogP contribution in [0, 0.1) is 5.41 Å². The van der Waals surface area contributed by atoms with E-state index in [-0.39, 0.29) is 11.3 Å². The highest BCUT2D eigenvalue weighted by Crippen LogP contribution is 2.40. The first kappa shape index (κ1) is 13.4. The summed E-state index contributed by atoms with van der Waals surface area (Å²) in [6.07, 6.45) is 4.77. The lowest BCUT2D eigenvalue weighted by atomic mass is 9.78. The molecule has 2 aliphatic heterocycles. The van der Waals surface area contributed by atoms with Gasteiger partial charge in [0.15, 0.2) is 0 Å². The number of piperidine rings is 1. The highest BCUT2D eigenvalue weighted by atomic mass is 16.5. The van der Waals surface area contributed by atoms with Crippen LogP contribution < -0.4 is 4.90 Å². The van der Waals surface area contributed by atoms with Gasteiger partial charge in [-0.3, -0.25) is 4.79 Å². The van der Waals surface area contributed by atoms with Gasteiger partial charge < -0.3 is 14.3 Å². The van der Waals surface area contributed by atoms with E-state index in [2.05, 4.69) is 22.0 Å². The van der Waals surface area contributed by atoms with Gasteiger partial charge in [0.1, 0.15) is 0 Å². The van der Waals surface area contributed by atoms with Crippen LogP contribution in [0.15, 0.2) is 4.52 Å². The van der Waals surface area contributed by atoms with Crippen molar-refractivity contribution in [3.05, 3.63) is 5.89 Å². The van der Waals surface area contributed by atoms with Crippen molar-refractivity contribution < 1.29 is 9.32 Å². The Bertz CT molecular complexity index is 501. The van der Waals surface area contributed by atoms with E-state index in [1.165, 1.54) is 0 Å². The molecule has 3 heterocycles. The number of likely N-dealkylation sites (tertiary alicyclic amines) is 1. The third-order valence-corrected chi connectivity index (χ3v) is 4.51. The van der Waals surface area contributed by atoms with Crippen LogP contribution in [0.4, 0.5) is 5.95 Å². The second-order valence-electron chi connectivity index (χ2n) is 6.02. The molecule has 1 amide bonds. The van der Waals surface area contributed by atoms with Crippen LogP contribution in [0.5, 0.6) is 0 Å². The van der Waals surface area contributed by atoms with Gasteiger partial charge in [-0.15, -0.1) is 0 Å². The molecule has 20 heavy (non-hydrogen) atoms. The molecule has 0 N–H and O–H groups in total. The lowest BCUT2D eigenvalue weighted by molar-refractivity contribution is -0.143. The summed E-state index contributed by atoms with van der Waals surface area (Å²) in [6, 6.07) is 0. The molecular formula is C14H22N4O2. The van der Waals surface area contributed by atoms with E-state index in [9.17, 15) is 4.79 Å². The van der Waals surface area contributed by atoms with Gasteiger partial charge in [0.05, 0.1) is 5.41 Å². The molecule has 0 aliphatic carbocycles. The molecule has 6 heteroatoms. The molecule has 2 aliphatic rings. The lowest BCUT2D eigenvalue weighted by Crippen LogP contribution is -2.48. The Morgan fingerprint density at radius 2 is 2.20 bits per heavy atom. The van der Waals surface area contributed by atoms with Crippen molar-refractivity contribution in [1.82, 2.24) is 15.0 Å². The molecular weight excluding hydrogens is 256 g/mol. The fraction of sp³-hybridized carbons (Fsp3) is 0.786. The lowest BCUT2D eigenvalue weighted by Gasteiger charge is -2.37. The van der Waals surface area contributed by atoms with E-state index in [1.807, 2.05) is 11.9 Å². The Morgan fingerprint density at radius 3 is 3.00 bits per heavy atom. The first-order chi connectivity index (χ1) is 9.64. The Hall–Kier alpha value is -1.59. The molecule has 6 nitrogen and oxygen atoms in total. The summed E-state index contributed by atoms with van der Waals surface area (Å²) in [7, 11) is 1.90. The molecule has 110 valence electrons. The minimum atomic E-state index is -0.224. The number of rotatable bonds is 3. The van der Waals surface area contributed by atoms with E-state index in [0.717, 1.165) is 51.7 Å². The molecule has 1 aromatic rings. The number of hydrogen-bond acceptors (Lipinski definition) is 5. The van der Waals surface area contributed by atoms with Crippen LogP contribution in [0.25, 0.3) is 0 Å². The zero-order valence-electron chi connectivity index (χ0n) is 12.3. The summed E-state index contributed by atoms with van der Waals surface area (Å²) in [6.45, 7) is 4.53. The first-order valence-corrected chi connectivity index (χ1v) is 7.48. The summed E-state index contributed by atoms with van der Waals surface area (Å²) in [4.78, 5) is 20.9. The van der Waals surface area contributed by atoms with Crippen molar-refractivity contribution in [2.24, 2.45) is 5.41 Å². The van der Waals surface area contributed by atoms with Crippen LogP contribution in [0.2, 0.25) is 0 Å². The topological polar surface area (TPSA) is 62.5 Å². The summed E-state index contributed by atoms with van der Waals surface area (Å²) >= 11 is 0. The number of carbonyl (C=O) groups is 1. The van der Waals surface area contributed by atoms with E-state index < -0.39 is 0 Å². The minimum Gasteiger partial charge on any atom is -0.345 e. The minimum absolute atomic E-state index is 0.224. The largest absolute Gasteiger partial charge is 0.345 e. The van der Waals surface area contributed by atoms with Crippen LogP contribution in [-0.2, 0) is 11.2 Å². The summed E-state index contributed by atoms with van der Waals surface area (Å²) < 4.78 is 5.24. The molecule has 1 spiro atoms. The number of nitrogens with zero attached hydrogens (tertiary/aromatic N) is 4. The van der Waals surface area contributed by atoms with Crippen molar-refractivity contribution >= 4 is 11.9 Å². The number of anilines is 1. The number of carbonyl (C=O) groups excluding carboxylic acids is 1. The third kappa shape index (κ3) is 2.17. The second kappa shape index (κ2) is 5.07. The van der Waals surface area contributed by atoms with Gasteiger partial charge in [-0.1, -0.05) is 6.92 Å². The number of hydrogen-bond donors (Lipinski definition) is 0. The maximum atomic E-state index is 12.5. The Labute approximate surface area is 119 Å². The van der Waals surface area contributed by atoms with Crippen molar-refractivity contribution in [3.63, 3.8) is 0 Å². The molecule has 3 rings (SSSR count). The van der Waals surface area contributed by atoms with Crippen LogP contribution >= 0.6 is 0 Å². The molecule has 1 unspecified atom stereocenters. The van der Waals surface area contributed by atoms with Crippen molar-refractivity contribution in [2.75, 3.05) is 31.6 Å². The average Bonchev–Trinajstić information content (AvgIpc) is 3.04. The van der Waals surface area contributed by atoms with Gasteiger partial charge in [0, 0.05) is 33.1 Å². The van der Waals surface area contributed by atoms with Gasteiger partial charge in [-0.25, -0.2) is 0 Å². The molecule has 2 saturated heterocycles. The molecule has 0 aromatic carbocycles. The quantitative estimate of drug-likeness (QED) is 0.838. The number of aryl methyl sites for hydroxylation is 1. The number of aromatic nitrogens is 2. The van der Waals surface area contributed by atoms with E-state index >= 15 is 0 Å². The zero-order valence-corrected chi connectivity index (χ0v) is 12.3. The van der Waals surface area contributed by atoms with Gasteiger partial charge in [-0.05, 0) is 30.8 Å². The Morgan fingerprint density at radius 1 is 1.35 bits per heavy atom. The van der Waals surface area contributed by atoms with Crippen molar-refractivity contribution in [3.8, 4) is 0 Å². The van der Waals surface area contributed by atoms with Crippen LogP contribution in [0.3, 0.4) is 0 Å². The van der Waals surface area contributed by atoms with Gasteiger partial charge in [0.2, 0.25) is 11.8 Å². The van der Waals surface area contributed by atoms with Gasteiger partial charge >= 0.3 is 0 Å². The Balaban J connectivity index is 1.73. The molecule has 2 fully saturated rings. The fourth-order valence-electron chi connectivity index (χ4n) is 3.38. The molecule has 1 aromatic heterocycles. The normalized spacial score (nSPS) is 26.8. The summed E-state index contributed by atoms with van der Waals surface area (Å²) in [5.74, 6) is 1.62. The first-order valence-electron chi connectivity index (χ1n) is 7.48. The second-order valence-corrected chi connectivity index (χ2v) is 6.02. The summed E-state index contributed by atoms with van der Waals surface area (Å²) in [5.41, 5.74) is -0.224. The average molecular weight is 278 g/mol. The number of amides is 1. The maximum Gasteiger partial charge on any atom is 0.266 e. The van der Waals surface area contributed by atoms with Crippen LogP contribution in [-0.4, -0.2) is 47.6 Å².